The predicted molar refractivity (Wildman–Crippen MR) is 258 cm³/mol. The number of nitrogens with zero attached hydrogens (tertiary/aromatic N) is 2. The standard InChI is InChI=1S/C57H41N3S/c1-3-13-40(14-4-1)55-58-56(41-15-5-2-6-16-41)60-57(59-55)51-34-43(35-53-54(51)49-21-11-12-22-52(49)61-53)39-29-25-37(26-30-39)36-23-27-38(28-24-36)42-31-32-48-46-19-8-7-17-44(46)45-18-9-10-20-47(45)50(48)33-42/h1,3-5,7-35,44,46,55H,2,6H2,(H,58,59,60). The van der Waals surface area contributed by atoms with Crippen LogP contribution in [0.25, 0.3) is 64.7 Å². The summed E-state index contributed by atoms with van der Waals surface area (Å²) >= 11 is 1.84. The number of benzene rings is 7. The van der Waals surface area contributed by atoms with Gasteiger partial charge in [0.25, 0.3) is 0 Å². The lowest BCUT2D eigenvalue weighted by Gasteiger charge is -2.34. The quantitative estimate of drug-likeness (QED) is 0.179. The Balaban J connectivity index is 0.885. The molecular weight excluding hydrogens is 759 g/mol. The highest BCUT2D eigenvalue weighted by atomic mass is 32.1. The van der Waals surface area contributed by atoms with E-state index in [2.05, 4.69) is 206 Å². The first-order chi connectivity index (χ1) is 30.2. The van der Waals surface area contributed by atoms with Crippen molar-refractivity contribution in [3.63, 3.8) is 0 Å². The van der Waals surface area contributed by atoms with Crippen LogP contribution in [0.4, 0.5) is 0 Å². The zero-order valence-corrected chi connectivity index (χ0v) is 34.3. The minimum Gasteiger partial charge on any atom is -0.344 e. The van der Waals surface area contributed by atoms with Crippen molar-refractivity contribution in [3.05, 3.63) is 228 Å². The van der Waals surface area contributed by atoms with E-state index in [1.807, 2.05) is 11.3 Å². The molecule has 12 rings (SSSR count). The molecule has 3 unspecified atom stereocenters. The first-order valence-corrected chi connectivity index (χ1v) is 22.1. The molecule has 3 aliphatic carbocycles. The van der Waals surface area contributed by atoms with Crippen LogP contribution in [-0.2, 0) is 0 Å². The fourth-order valence-corrected chi connectivity index (χ4v) is 10.9. The maximum atomic E-state index is 5.29. The topological polar surface area (TPSA) is 36.8 Å². The summed E-state index contributed by atoms with van der Waals surface area (Å²) in [5.41, 5.74) is 16.0. The van der Waals surface area contributed by atoms with Gasteiger partial charge in [-0.3, -0.25) is 0 Å². The molecule has 3 atom stereocenters. The number of fused-ring (bicyclic) bond motifs is 9. The fraction of sp³-hybridized carbons (Fsp3) is 0.0877. The normalized spacial score (nSPS) is 18.8. The number of amidine groups is 2. The van der Waals surface area contributed by atoms with E-state index in [0.29, 0.717) is 11.8 Å². The van der Waals surface area contributed by atoms with Crippen LogP contribution < -0.4 is 5.32 Å². The molecule has 4 heteroatoms. The third-order valence-corrected chi connectivity index (χ3v) is 13.9. The Morgan fingerprint density at radius 3 is 1.92 bits per heavy atom. The third kappa shape index (κ3) is 6.34. The van der Waals surface area contributed by atoms with Gasteiger partial charge in [0.05, 0.1) is 0 Å². The lowest BCUT2D eigenvalue weighted by Crippen LogP contribution is -2.33. The van der Waals surface area contributed by atoms with Crippen LogP contribution in [0.3, 0.4) is 0 Å². The van der Waals surface area contributed by atoms with Gasteiger partial charge in [0.2, 0.25) is 0 Å². The molecule has 2 heterocycles. The molecule has 8 aromatic rings. The summed E-state index contributed by atoms with van der Waals surface area (Å²) in [5.74, 6) is 2.39. The summed E-state index contributed by atoms with van der Waals surface area (Å²) in [6.45, 7) is 0. The second kappa shape index (κ2) is 14.8. The second-order valence-corrected chi connectivity index (χ2v) is 17.5. The lowest BCUT2D eigenvalue weighted by atomic mass is 9.69. The molecule has 0 spiro atoms. The van der Waals surface area contributed by atoms with Crippen LogP contribution in [0.5, 0.6) is 0 Å². The van der Waals surface area contributed by atoms with Crippen molar-refractivity contribution >= 4 is 43.2 Å². The molecule has 0 fully saturated rings. The van der Waals surface area contributed by atoms with Crippen molar-refractivity contribution in [2.24, 2.45) is 9.98 Å². The van der Waals surface area contributed by atoms with Gasteiger partial charge in [0.1, 0.15) is 12.0 Å². The number of thiophene rings is 1. The van der Waals surface area contributed by atoms with Crippen LogP contribution in [0, 0.1) is 0 Å². The Bertz CT molecular complexity index is 3210. The van der Waals surface area contributed by atoms with Crippen LogP contribution in [0.1, 0.15) is 53.1 Å². The highest BCUT2D eigenvalue weighted by Gasteiger charge is 2.32. The number of rotatable bonds is 6. The molecule has 1 N–H and O–H groups in total. The molecule has 7 aromatic carbocycles. The van der Waals surface area contributed by atoms with E-state index < -0.39 is 0 Å². The molecular formula is C57H41N3S. The van der Waals surface area contributed by atoms with Crippen molar-refractivity contribution in [3.8, 4) is 44.5 Å². The Morgan fingerprint density at radius 2 is 1.16 bits per heavy atom. The van der Waals surface area contributed by atoms with Crippen LogP contribution >= 0.6 is 11.3 Å². The van der Waals surface area contributed by atoms with E-state index in [1.54, 1.807) is 0 Å². The number of nitrogens with one attached hydrogen (secondary N) is 1. The van der Waals surface area contributed by atoms with Gasteiger partial charge in [-0.1, -0.05) is 176 Å². The monoisotopic (exact) mass is 799 g/mol. The van der Waals surface area contributed by atoms with Gasteiger partial charge in [-0.05, 0) is 98.3 Å². The van der Waals surface area contributed by atoms with Gasteiger partial charge in [-0.15, -0.1) is 11.3 Å². The van der Waals surface area contributed by atoms with Gasteiger partial charge in [0, 0.05) is 43.1 Å². The van der Waals surface area contributed by atoms with E-state index >= 15 is 0 Å². The van der Waals surface area contributed by atoms with Crippen molar-refractivity contribution < 1.29 is 0 Å². The average Bonchev–Trinajstić information content (AvgIpc) is 3.73. The van der Waals surface area contributed by atoms with E-state index in [1.165, 1.54) is 70.2 Å². The highest BCUT2D eigenvalue weighted by molar-refractivity contribution is 7.26. The Labute approximate surface area is 360 Å². The Morgan fingerprint density at radius 1 is 0.525 bits per heavy atom. The summed E-state index contributed by atoms with van der Waals surface area (Å²) in [6.07, 6.45) is 17.6. The van der Waals surface area contributed by atoms with Gasteiger partial charge in [-0.25, -0.2) is 9.98 Å². The van der Waals surface area contributed by atoms with Gasteiger partial charge in [0.15, 0.2) is 5.84 Å². The molecule has 3 nitrogen and oxygen atoms in total. The van der Waals surface area contributed by atoms with Gasteiger partial charge in [-0.2, -0.15) is 0 Å². The van der Waals surface area contributed by atoms with Crippen molar-refractivity contribution in [1.82, 2.24) is 5.32 Å². The first kappa shape index (κ1) is 35.8. The van der Waals surface area contributed by atoms with E-state index in [-0.39, 0.29) is 6.17 Å². The van der Waals surface area contributed by atoms with Crippen LogP contribution in [-0.4, -0.2) is 11.7 Å². The van der Waals surface area contributed by atoms with Crippen molar-refractivity contribution in [1.29, 1.82) is 0 Å². The zero-order valence-electron chi connectivity index (χ0n) is 33.5. The molecule has 290 valence electrons. The smallest absolute Gasteiger partial charge is 0.159 e. The number of hydrogen-bond acceptors (Lipinski definition) is 4. The molecule has 0 amide bonds. The van der Waals surface area contributed by atoms with Crippen molar-refractivity contribution in [2.45, 2.75) is 30.8 Å². The molecule has 0 saturated heterocycles. The third-order valence-electron chi connectivity index (χ3n) is 12.8. The minimum absolute atomic E-state index is 0.252. The molecule has 0 bridgehead atoms. The second-order valence-electron chi connectivity index (χ2n) is 16.4. The number of allylic oxidation sites excluding steroid dienone is 6. The zero-order chi connectivity index (χ0) is 40.3. The van der Waals surface area contributed by atoms with Crippen LogP contribution in [0.2, 0.25) is 0 Å². The molecule has 61 heavy (non-hydrogen) atoms. The molecule has 4 aliphatic rings. The highest BCUT2D eigenvalue weighted by Crippen LogP contribution is 2.50. The predicted octanol–water partition coefficient (Wildman–Crippen LogP) is 14.8. The number of aliphatic imine (C=N–C) groups is 2. The SMILES string of the molecule is C1=CC2c3ccccc3-c3cc(-c4ccc(-c5ccc(-c6cc(C7=NC(C8=CCCC=C8)=NC(c8ccccc8)N7)c7c(c6)sc6ccccc67)cc5)cc4)ccc3C2C=C1. The summed E-state index contributed by atoms with van der Waals surface area (Å²) in [4.78, 5) is 10.4. The fourth-order valence-electron chi connectivity index (χ4n) is 9.71. The van der Waals surface area contributed by atoms with E-state index in [4.69, 9.17) is 9.98 Å². The molecule has 0 saturated carbocycles. The average molecular weight is 800 g/mol. The van der Waals surface area contributed by atoms with Crippen LogP contribution in [0.15, 0.2) is 216 Å². The largest absolute Gasteiger partial charge is 0.344 e. The summed E-state index contributed by atoms with van der Waals surface area (Å²) in [6, 6.07) is 58.0. The Kier molecular flexibility index (Phi) is 8.71. The maximum Gasteiger partial charge on any atom is 0.159 e. The van der Waals surface area contributed by atoms with E-state index in [9.17, 15) is 0 Å². The lowest BCUT2D eigenvalue weighted by molar-refractivity contribution is 0.674. The maximum absolute atomic E-state index is 5.29. The molecule has 1 aromatic heterocycles. The molecule has 0 radical (unpaired) electrons. The van der Waals surface area contributed by atoms with Gasteiger partial charge < -0.3 is 5.32 Å². The van der Waals surface area contributed by atoms with Crippen molar-refractivity contribution in [2.75, 3.05) is 0 Å². The Hall–Kier alpha value is -7.14. The summed E-state index contributed by atoms with van der Waals surface area (Å²) in [7, 11) is 0. The number of hydrogen-bond donors (Lipinski definition) is 1. The summed E-state index contributed by atoms with van der Waals surface area (Å²) < 4.78 is 2.51. The van der Waals surface area contributed by atoms with E-state index in [0.717, 1.165) is 46.8 Å². The minimum atomic E-state index is -0.252. The molecule has 1 aliphatic heterocycles. The first-order valence-electron chi connectivity index (χ1n) is 21.3. The summed E-state index contributed by atoms with van der Waals surface area (Å²) in [5, 5.41) is 6.24. The van der Waals surface area contributed by atoms with Gasteiger partial charge >= 0.3 is 0 Å².